The Balaban J connectivity index is 5.54. The molecular weight excluding hydrogens is 365 g/mol. The van der Waals surface area contributed by atoms with Crippen LogP contribution in [0.4, 0.5) is 48.3 Å². The predicted octanol–water partition coefficient (Wildman–Crippen LogP) is 4.76. The zero-order chi connectivity index (χ0) is 18.2. The van der Waals surface area contributed by atoms with Crippen molar-refractivity contribution in [1.82, 2.24) is 0 Å². The van der Waals surface area contributed by atoms with Crippen LogP contribution in [-0.4, -0.2) is 40.7 Å². The summed E-state index contributed by atoms with van der Waals surface area (Å²) in [7, 11) is 0. The minimum atomic E-state index is -7.39. The van der Waals surface area contributed by atoms with E-state index in [1.807, 2.05) is 0 Å². The fourth-order valence-electron chi connectivity index (χ4n) is 1.08. The third-order valence-electron chi connectivity index (χ3n) is 2.33. The summed E-state index contributed by atoms with van der Waals surface area (Å²) in [5, 5.41) is -0.869. The number of carbonyl (C=O) groups is 1. The number of hydrogen-bond donors (Lipinski definition) is 0. The fourth-order valence-corrected chi connectivity index (χ4v) is 1.73. The van der Waals surface area contributed by atoms with Crippen LogP contribution in [0.25, 0.3) is 0 Å². The first-order valence-corrected chi connectivity index (χ1v) is 6.11. The van der Waals surface area contributed by atoms with Crippen molar-refractivity contribution in [2.75, 3.05) is 5.75 Å². The molecule has 0 unspecified atom stereocenters. The first-order valence-electron chi connectivity index (χ1n) is 5.13. The van der Waals surface area contributed by atoms with Crippen LogP contribution in [0, 0.1) is 0 Å². The Morgan fingerprint density at radius 2 is 1.18 bits per heavy atom. The molecular formula is C9H7F11OS. The van der Waals surface area contributed by atoms with Gasteiger partial charge >= 0.3 is 29.9 Å². The van der Waals surface area contributed by atoms with E-state index in [4.69, 9.17) is 0 Å². The van der Waals surface area contributed by atoms with Gasteiger partial charge in [0.25, 0.3) is 0 Å². The molecule has 0 rings (SSSR count). The lowest BCUT2D eigenvalue weighted by molar-refractivity contribution is -0.422. The maximum atomic E-state index is 13.0. The van der Waals surface area contributed by atoms with Crippen molar-refractivity contribution in [2.24, 2.45) is 0 Å². The van der Waals surface area contributed by atoms with Gasteiger partial charge < -0.3 is 0 Å². The summed E-state index contributed by atoms with van der Waals surface area (Å²) in [6.07, 6.45) is -9.36. The highest BCUT2D eigenvalue weighted by Crippen LogP contribution is 2.57. The molecule has 0 amide bonds. The highest BCUT2D eigenvalue weighted by Gasteiger charge is 2.86. The minimum absolute atomic E-state index is 0.00894. The number of hydrogen-bond acceptors (Lipinski definition) is 2. The highest BCUT2D eigenvalue weighted by molar-refractivity contribution is 8.13. The second-order valence-corrected chi connectivity index (χ2v) is 5.29. The Kier molecular flexibility index (Phi) is 5.83. The van der Waals surface area contributed by atoms with E-state index >= 15 is 0 Å². The first-order chi connectivity index (χ1) is 9.42. The zero-order valence-corrected chi connectivity index (χ0v) is 11.2. The Labute approximate surface area is 120 Å². The van der Waals surface area contributed by atoms with E-state index in [2.05, 4.69) is 0 Å². The number of halogens is 11. The highest BCUT2D eigenvalue weighted by atomic mass is 32.2. The van der Waals surface area contributed by atoms with Crippen molar-refractivity contribution in [1.29, 1.82) is 0 Å². The molecule has 0 aromatic rings. The minimum Gasteiger partial charge on any atom is -0.288 e. The molecule has 0 aliphatic rings. The molecule has 0 aromatic carbocycles. The molecule has 0 aliphatic carbocycles. The summed E-state index contributed by atoms with van der Waals surface area (Å²) in [4.78, 5) is 10.4. The van der Waals surface area contributed by atoms with E-state index in [0.717, 1.165) is 6.92 Å². The molecule has 0 saturated carbocycles. The average Bonchev–Trinajstić information content (AvgIpc) is 2.25. The van der Waals surface area contributed by atoms with Crippen LogP contribution in [0.5, 0.6) is 0 Å². The molecule has 0 aliphatic heterocycles. The maximum Gasteiger partial charge on any atom is 0.460 e. The normalized spacial score (nSPS) is 15.1. The van der Waals surface area contributed by atoms with Crippen molar-refractivity contribution in [2.45, 2.75) is 43.2 Å². The van der Waals surface area contributed by atoms with Gasteiger partial charge in [0.2, 0.25) is 0 Å². The molecule has 1 nitrogen and oxygen atoms in total. The second kappa shape index (κ2) is 6.04. The lowest BCUT2D eigenvalue weighted by Gasteiger charge is -2.37. The van der Waals surface area contributed by atoms with Gasteiger partial charge in [-0.05, 0) is 0 Å². The van der Waals surface area contributed by atoms with Gasteiger partial charge in [-0.25, -0.2) is 0 Å². The van der Waals surface area contributed by atoms with E-state index in [1.54, 1.807) is 0 Å². The van der Waals surface area contributed by atoms with Crippen LogP contribution < -0.4 is 0 Å². The summed E-state index contributed by atoms with van der Waals surface area (Å²) in [6.45, 7) is 0.813. The quantitative estimate of drug-likeness (QED) is 0.626. The summed E-state index contributed by atoms with van der Waals surface area (Å²) >= 11 is -0.00894. The van der Waals surface area contributed by atoms with Gasteiger partial charge in [0.1, 0.15) is 0 Å². The van der Waals surface area contributed by atoms with Gasteiger partial charge in [-0.15, -0.1) is 0 Å². The van der Waals surface area contributed by atoms with Gasteiger partial charge in [-0.1, -0.05) is 11.8 Å². The van der Waals surface area contributed by atoms with E-state index in [1.165, 1.54) is 0 Å². The average molecular weight is 372 g/mol. The van der Waals surface area contributed by atoms with Crippen LogP contribution >= 0.6 is 11.8 Å². The monoisotopic (exact) mass is 372 g/mol. The molecule has 0 radical (unpaired) electrons. The summed E-state index contributed by atoms with van der Waals surface area (Å²) < 4.78 is 138. The van der Waals surface area contributed by atoms with Crippen LogP contribution in [0.3, 0.4) is 0 Å². The largest absolute Gasteiger partial charge is 0.460 e. The van der Waals surface area contributed by atoms with Gasteiger partial charge in [0, 0.05) is 19.1 Å². The summed E-state index contributed by atoms with van der Waals surface area (Å²) in [5.41, 5.74) is 0. The van der Waals surface area contributed by atoms with Crippen molar-refractivity contribution in [3.8, 4) is 0 Å². The third kappa shape index (κ3) is 3.59. The Morgan fingerprint density at radius 1 is 0.773 bits per heavy atom. The molecule has 0 bridgehead atoms. The second-order valence-electron chi connectivity index (χ2n) is 4.02. The molecule has 22 heavy (non-hydrogen) atoms. The molecule has 0 aromatic heterocycles. The summed E-state index contributed by atoms with van der Waals surface area (Å²) in [6, 6.07) is 0. The van der Waals surface area contributed by atoms with Gasteiger partial charge in [0.05, 0.1) is 0 Å². The van der Waals surface area contributed by atoms with E-state index in [0.29, 0.717) is 0 Å². The molecule has 0 N–H and O–H groups in total. The van der Waals surface area contributed by atoms with Gasteiger partial charge in [-0.2, -0.15) is 48.3 Å². The first kappa shape index (κ1) is 21.2. The standard InChI is InChI=1S/C9H7F11OS/c1-4(21)22-3-2-5(10,11)6(12,13)7(14,15)8(16,17)9(18,19)20/h2-3H2,1H3. The van der Waals surface area contributed by atoms with E-state index < -0.39 is 47.2 Å². The lowest BCUT2D eigenvalue weighted by Crippen LogP contribution is -2.66. The van der Waals surface area contributed by atoms with Crippen molar-refractivity contribution in [3.05, 3.63) is 0 Å². The van der Waals surface area contributed by atoms with E-state index in [-0.39, 0.29) is 11.8 Å². The Morgan fingerprint density at radius 3 is 1.50 bits per heavy atom. The Bertz CT molecular complexity index is 414. The number of carbonyl (C=O) groups excluding carboxylic acids is 1. The van der Waals surface area contributed by atoms with Crippen LogP contribution in [0.1, 0.15) is 13.3 Å². The maximum absolute atomic E-state index is 13.0. The molecule has 0 heterocycles. The molecule has 0 spiro atoms. The fraction of sp³-hybridized carbons (Fsp3) is 0.889. The smallest absolute Gasteiger partial charge is 0.288 e. The van der Waals surface area contributed by atoms with Crippen LogP contribution in [0.2, 0.25) is 0 Å². The topological polar surface area (TPSA) is 17.1 Å². The van der Waals surface area contributed by atoms with Gasteiger partial charge in [0.15, 0.2) is 5.12 Å². The molecule has 0 saturated heterocycles. The molecule has 0 atom stereocenters. The van der Waals surface area contributed by atoms with Crippen LogP contribution in [0.15, 0.2) is 0 Å². The molecule has 132 valence electrons. The summed E-state index contributed by atoms with van der Waals surface area (Å²) in [5.74, 6) is -28.8. The predicted molar refractivity (Wildman–Crippen MR) is 53.6 cm³/mol. The van der Waals surface area contributed by atoms with Crippen molar-refractivity contribution in [3.63, 3.8) is 0 Å². The zero-order valence-electron chi connectivity index (χ0n) is 10.4. The van der Waals surface area contributed by atoms with Gasteiger partial charge in [-0.3, -0.25) is 4.79 Å². The SMILES string of the molecule is CC(=O)SCCC(F)(F)C(F)(F)C(F)(F)C(F)(F)C(F)(F)F. The van der Waals surface area contributed by atoms with E-state index in [9.17, 15) is 53.1 Å². The number of rotatable bonds is 6. The number of alkyl halides is 11. The number of thioether (sulfide) groups is 1. The molecule has 13 heteroatoms. The van der Waals surface area contributed by atoms with Crippen molar-refractivity contribution >= 4 is 16.9 Å². The molecule has 0 fully saturated rings. The third-order valence-corrected chi connectivity index (χ3v) is 3.14. The Hall–Kier alpha value is -0.750. The van der Waals surface area contributed by atoms with Crippen LogP contribution in [-0.2, 0) is 4.79 Å². The lowest BCUT2D eigenvalue weighted by atomic mass is 9.96. The van der Waals surface area contributed by atoms with Crippen molar-refractivity contribution < 1.29 is 53.1 Å².